The summed E-state index contributed by atoms with van der Waals surface area (Å²) in [6.07, 6.45) is 0.662. The topological polar surface area (TPSA) is 63.2 Å². The Morgan fingerprint density at radius 1 is 1.18 bits per heavy atom. The van der Waals surface area contributed by atoms with Gasteiger partial charge in [0.15, 0.2) is 11.5 Å². The van der Waals surface area contributed by atoms with Gasteiger partial charge in [0.2, 0.25) is 5.91 Å². The van der Waals surface area contributed by atoms with Gasteiger partial charge in [0, 0.05) is 24.8 Å². The summed E-state index contributed by atoms with van der Waals surface area (Å²) in [5.74, 6) is 2.40. The van der Waals surface area contributed by atoms with Crippen LogP contribution in [0, 0.1) is 0 Å². The molecule has 2 aliphatic heterocycles. The van der Waals surface area contributed by atoms with Crippen molar-refractivity contribution in [2.45, 2.75) is 26.3 Å². The number of hydrogen-bond acceptors (Lipinski definition) is 6. The van der Waals surface area contributed by atoms with E-state index in [2.05, 4.69) is 16.7 Å². The summed E-state index contributed by atoms with van der Waals surface area (Å²) in [7, 11) is 0. The second kappa shape index (κ2) is 8.14. The summed E-state index contributed by atoms with van der Waals surface area (Å²) in [6.45, 7) is 4.75. The molecule has 7 heteroatoms. The van der Waals surface area contributed by atoms with E-state index in [1.165, 1.54) is 0 Å². The molecule has 1 atom stereocenters. The molecule has 2 heterocycles. The van der Waals surface area contributed by atoms with Crippen LogP contribution in [-0.2, 0) is 4.79 Å². The SMILES string of the molecule is CCSNc1ccc(C2=NN(C(C)=O)C(c3ccc4c(c3)OCCO4)C2)cc1. The van der Waals surface area contributed by atoms with Gasteiger partial charge in [0.1, 0.15) is 13.2 Å². The molecule has 0 aliphatic carbocycles. The molecule has 0 bridgehead atoms. The van der Waals surface area contributed by atoms with E-state index in [0.717, 1.165) is 39.8 Å². The van der Waals surface area contributed by atoms with Crippen molar-refractivity contribution in [3.63, 3.8) is 0 Å². The molecule has 1 unspecified atom stereocenters. The van der Waals surface area contributed by atoms with Gasteiger partial charge in [-0.15, -0.1) is 0 Å². The van der Waals surface area contributed by atoms with E-state index in [-0.39, 0.29) is 11.9 Å². The Kier molecular flexibility index (Phi) is 5.43. The second-order valence-electron chi connectivity index (χ2n) is 6.65. The van der Waals surface area contributed by atoms with Crippen molar-refractivity contribution >= 4 is 29.3 Å². The first kappa shape index (κ1) is 18.7. The molecule has 1 amide bonds. The molecule has 1 N–H and O–H groups in total. The molecule has 0 fully saturated rings. The van der Waals surface area contributed by atoms with Gasteiger partial charge < -0.3 is 14.2 Å². The maximum absolute atomic E-state index is 12.2. The third-order valence-corrected chi connectivity index (χ3v) is 5.41. The van der Waals surface area contributed by atoms with Crippen LogP contribution in [0.3, 0.4) is 0 Å². The summed E-state index contributed by atoms with van der Waals surface area (Å²) < 4.78 is 14.6. The van der Waals surface area contributed by atoms with Crippen LogP contribution in [0.2, 0.25) is 0 Å². The van der Waals surface area contributed by atoms with E-state index < -0.39 is 0 Å². The number of hydrazone groups is 1. The molecule has 0 spiro atoms. The molecule has 28 heavy (non-hydrogen) atoms. The number of anilines is 1. The molecule has 2 aliphatic rings. The Labute approximate surface area is 169 Å². The number of rotatable bonds is 5. The Hall–Kier alpha value is -2.67. The van der Waals surface area contributed by atoms with Crippen LogP contribution in [0.4, 0.5) is 5.69 Å². The van der Waals surface area contributed by atoms with Gasteiger partial charge in [0.25, 0.3) is 0 Å². The van der Waals surface area contributed by atoms with Crippen LogP contribution in [0.1, 0.15) is 37.4 Å². The Bertz CT molecular complexity index is 898. The zero-order valence-corrected chi connectivity index (χ0v) is 16.8. The lowest BCUT2D eigenvalue weighted by Crippen LogP contribution is -2.24. The molecular weight excluding hydrogens is 374 g/mol. The van der Waals surface area contributed by atoms with Gasteiger partial charge in [-0.2, -0.15) is 5.10 Å². The minimum atomic E-state index is -0.142. The number of carbonyl (C=O) groups is 1. The van der Waals surface area contributed by atoms with Gasteiger partial charge in [-0.05, 0) is 35.4 Å². The van der Waals surface area contributed by atoms with Crippen molar-refractivity contribution in [1.82, 2.24) is 5.01 Å². The quantitative estimate of drug-likeness (QED) is 0.765. The Balaban J connectivity index is 1.57. The fourth-order valence-corrected chi connectivity index (χ4v) is 3.84. The number of nitrogens with one attached hydrogen (secondary N) is 1. The predicted octanol–water partition coefficient (Wildman–Crippen LogP) is 4.24. The van der Waals surface area contributed by atoms with Crippen molar-refractivity contribution in [2.24, 2.45) is 5.10 Å². The van der Waals surface area contributed by atoms with E-state index in [1.807, 2.05) is 42.5 Å². The highest BCUT2D eigenvalue weighted by Gasteiger charge is 2.32. The zero-order chi connectivity index (χ0) is 19.5. The molecule has 0 saturated carbocycles. The molecule has 2 aromatic carbocycles. The lowest BCUT2D eigenvalue weighted by Gasteiger charge is -2.23. The number of ether oxygens (including phenoxy) is 2. The van der Waals surface area contributed by atoms with Gasteiger partial charge in [-0.25, -0.2) is 5.01 Å². The average Bonchev–Trinajstić information content (AvgIpc) is 3.18. The van der Waals surface area contributed by atoms with Crippen molar-refractivity contribution in [3.8, 4) is 11.5 Å². The molecule has 2 aromatic rings. The third-order valence-electron chi connectivity index (χ3n) is 4.74. The molecule has 0 radical (unpaired) electrons. The number of benzene rings is 2. The van der Waals surface area contributed by atoms with Gasteiger partial charge in [-0.1, -0.05) is 37.1 Å². The highest BCUT2D eigenvalue weighted by molar-refractivity contribution is 8.00. The molecule has 0 aromatic heterocycles. The first-order valence-corrected chi connectivity index (χ1v) is 10.4. The first-order chi connectivity index (χ1) is 13.7. The van der Waals surface area contributed by atoms with E-state index in [4.69, 9.17) is 9.47 Å². The maximum atomic E-state index is 12.2. The lowest BCUT2D eigenvalue weighted by atomic mass is 9.98. The lowest BCUT2D eigenvalue weighted by molar-refractivity contribution is -0.130. The van der Waals surface area contributed by atoms with Crippen LogP contribution in [0.25, 0.3) is 0 Å². The highest BCUT2D eigenvalue weighted by Crippen LogP contribution is 2.38. The van der Waals surface area contributed by atoms with Crippen LogP contribution in [0.5, 0.6) is 11.5 Å². The number of hydrogen-bond donors (Lipinski definition) is 1. The number of amides is 1. The maximum Gasteiger partial charge on any atom is 0.240 e. The van der Waals surface area contributed by atoms with Crippen LogP contribution in [0.15, 0.2) is 47.6 Å². The zero-order valence-electron chi connectivity index (χ0n) is 16.0. The van der Waals surface area contributed by atoms with Gasteiger partial charge in [-0.3, -0.25) is 4.79 Å². The number of fused-ring (bicyclic) bond motifs is 1. The van der Waals surface area contributed by atoms with Crippen molar-refractivity contribution in [3.05, 3.63) is 53.6 Å². The number of nitrogens with zero attached hydrogens (tertiary/aromatic N) is 2. The molecule has 6 nitrogen and oxygen atoms in total. The fourth-order valence-electron chi connectivity index (χ4n) is 3.39. The van der Waals surface area contributed by atoms with Gasteiger partial charge >= 0.3 is 0 Å². The number of carbonyl (C=O) groups excluding carboxylic acids is 1. The largest absolute Gasteiger partial charge is 0.486 e. The molecule has 4 rings (SSSR count). The van der Waals surface area contributed by atoms with Crippen LogP contribution < -0.4 is 14.2 Å². The standard InChI is InChI=1S/C21H23N3O3S/c1-3-28-23-17-7-4-15(5-8-17)18-13-19(24(22-18)14(2)25)16-6-9-20-21(12-16)27-11-10-26-20/h4-9,12,19,23H,3,10-11,13H2,1-2H3. The van der Waals surface area contributed by atoms with E-state index in [0.29, 0.717) is 19.6 Å². The van der Waals surface area contributed by atoms with Crippen molar-refractivity contribution < 1.29 is 14.3 Å². The van der Waals surface area contributed by atoms with E-state index in [9.17, 15) is 4.79 Å². The Morgan fingerprint density at radius 2 is 1.93 bits per heavy atom. The summed E-state index contributed by atoms with van der Waals surface area (Å²) in [6, 6.07) is 13.9. The summed E-state index contributed by atoms with van der Waals surface area (Å²) in [4.78, 5) is 12.2. The van der Waals surface area contributed by atoms with Crippen LogP contribution >= 0.6 is 11.9 Å². The predicted molar refractivity (Wildman–Crippen MR) is 112 cm³/mol. The molecule has 146 valence electrons. The normalized spacial score (nSPS) is 18.0. The molecular formula is C21H23N3O3S. The summed E-state index contributed by atoms with van der Waals surface area (Å²) >= 11 is 1.66. The smallest absolute Gasteiger partial charge is 0.240 e. The van der Waals surface area contributed by atoms with E-state index in [1.54, 1.807) is 23.9 Å². The first-order valence-electron chi connectivity index (χ1n) is 9.40. The molecule has 0 saturated heterocycles. The summed E-state index contributed by atoms with van der Waals surface area (Å²) in [5.41, 5.74) is 3.99. The summed E-state index contributed by atoms with van der Waals surface area (Å²) in [5, 5.41) is 6.19. The Morgan fingerprint density at radius 3 is 2.64 bits per heavy atom. The monoisotopic (exact) mass is 397 g/mol. The van der Waals surface area contributed by atoms with Crippen molar-refractivity contribution in [2.75, 3.05) is 23.7 Å². The minimum absolute atomic E-state index is 0.0764. The average molecular weight is 398 g/mol. The fraction of sp³-hybridized carbons (Fsp3) is 0.333. The van der Waals surface area contributed by atoms with E-state index >= 15 is 0 Å². The minimum Gasteiger partial charge on any atom is -0.486 e. The third kappa shape index (κ3) is 3.80. The van der Waals surface area contributed by atoms with Gasteiger partial charge in [0.05, 0.1) is 11.8 Å². The van der Waals surface area contributed by atoms with Crippen molar-refractivity contribution in [1.29, 1.82) is 0 Å². The highest BCUT2D eigenvalue weighted by atomic mass is 32.2. The second-order valence-corrected chi connectivity index (χ2v) is 7.72. The van der Waals surface area contributed by atoms with Crippen LogP contribution in [-0.4, -0.2) is 35.6 Å².